The molecular weight excluding hydrogens is 580 g/mol. The van der Waals surface area contributed by atoms with Crippen LogP contribution < -0.4 is 10.6 Å². The first-order chi connectivity index (χ1) is 20.8. The first-order valence-electron chi connectivity index (χ1n) is 15.3. The quantitative estimate of drug-likeness (QED) is 0.0974. The molecule has 0 aromatic carbocycles. The summed E-state index contributed by atoms with van der Waals surface area (Å²) in [5, 5.41) is 25.5. The van der Waals surface area contributed by atoms with Gasteiger partial charge in [-0.2, -0.15) is 0 Å². The van der Waals surface area contributed by atoms with E-state index in [0.29, 0.717) is 30.9 Å². The van der Waals surface area contributed by atoms with Crippen LogP contribution in [0.4, 0.5) is 0 Å². The Morgan fingerprint density at radius 3 is 2.07 bits per heavy atom. The van der Waals surface area contributed by atoms with E-state index in [1.54, 1.807) is 0 Å². The summed E-state index contributed by atoms with van der Waals surface area (Å²) in [6.07, 6.45) is 5.54. The first-order valence-corrected chi connectivity index (χ1v) is 16.3. The fourth-order valence-corrected chi connectivity index (χ4v) is 8.74. The van der Waals surface area contributed by atoms with Gasteiger partial charge in [0.05, 0.1) is 11.6 Å². The highest BCUT2D eigenvalue weighted by molar-refractivity contribution is 7.89. The van der Waals surface area contributed by atoms with Crippen molar-refractivity contribution in [3.63, 3.8) is 0 Å². The Morgan fingerprint density at radius 1 is 0.932 bits per heavy atom. The highest BCUT2D eigenvalue weighted by Gasteiger charge is 2.75. The summed E-state index contributed by atoms with van der Waals surface area (Å²) >= 11 is 1.22. The van der Waals surface area contributed by atoms with Crippen molar-refractivity contribution in [1.82, 2.24) is 20.6 Å². The van der Waals surface area contributed by atoms with E-state index in [0.717, 1.165) is 56.3 Å². The molecule has 2 aromatic heterocycles. The molecule has 5 rings (SSSR count). The average molecular weight is 624 g/mol. The number of allylic oxidation sites excluding steroid dienone is 1. The highest BCUT2D eigenvalue weighted by Crippen LogP contribution is 2.52. The zero-order valence-electron chi connectivity index (χ0n) is 26.2. The molecule has 1 unspecified atom stereocenters. The van der Waals surface area contributed by atoms with Gasteiger partial charge in [0, 0.05) is 66.0 Å². The maximum absolute atomic E-state index is 12.6. The van der Waals surface area contributed by atoms with Gasteiger partial charge in [-0.1, -0.05) is 13.0 Å². The molecule has 3 fully saturated rings. The Labute approximate surface area is 261 Å². The summed E-state index contributed by atoms with van der Waals surface area (Å²) < 4.78 is -0.203. The third kappa shape index (κ3) is 5.62. The predicted octanol–water partition coefficient (Wildman–Crippen LogP) is 3.27. The molecule has 0 bridgehead atoms. The van der Waals surface area contributed by atoms with Gasteiger partial charge in [0.1, 0.15) is 0 Å². The lowest BCUT2D eigenvalue weighted by atomic mass is 9.91. The number of hydrogen-bond donors (Lipinski definition) is 6. The maximum Gasteiger partial charge on any atom is 0.303 e. The van der Waals surface area contributed by atoms with E-state index >= 15 is 0 Å². The lowest BCUT2D eigenvalue weighted by molar-refractivity contribution is -0.138. The molecular formula is C33H43N4O6S+. The normalized spacial score (nSPS) is 27.9. The second-order valence-electron chi connectivity index (χ2n) is 12.5. The van der Waals surface area contributed by atoms with E-state index < -0.39 is 11.9 Å². The van der Waals surface area contributed by atoms with E-state index in [-0.39, 0.29) is 47.3 Å². The number of carbonyl (C=O) groups is 4. The predicted molar refractivity (Wildman–Crippen MR) is 171 cm³/mol. The lowest BCUT2D eigenvalue weighted by Crippen LogP contribution is -2.30. The maximum atomic E-state index is 12.6. The molecule has 236 valence electrons. The Morgan fingerprint density at radius 2 is 1.52 bits per heavy atom. The molecule has 2 aromatic rings. The van der Waals surface area contributed by atoms with Gasteiger partial charge in [-0.3, -0.25) is 19.2 Å². The molecule has 1 spiro atoms. The monoisotopic (exact) mass is 623 g/mol. The third-order valence-corrected chi connectivity index (χ3v) is 12.0. The SMILES string of the molecule is C/C=C1\C(=O)N[C@H](Cc2[nH]c(Cc3[nH]c(/C=C4\NC(=O)[C@H](C)[C@@]45[SH+][C@H]5C)c(C)c3CCC(=O)O)c(CCC(=O)O)c2C)C1C. The molecule has 0 saturated carbocycles. The minimum absolute atomic E-state index is 0.0191. The van der Waals surface area contributed by atoms with Gasteiger partial charge >= 0.3 is 11.9 Å². The minimum Gasteiger partial charge on any atom is -0.481 e. The fourth-order valence-electron chi connectivity index (χ4n) is 7.21. The molecule has 0 aliphatic carbocycles. The summed E-state index contributed by atoms with van der Waals surface area (Å²) in [7, 11) is 0. The number of aromatic amines is 2. The number of nitrogens with one attached hydrogen (secondary N) is 4. The Bertz CT molecular complexity index is 1600. The zero-order valence-corrected chi connectivity index (χ0v) is 27.1. The number of amides is 2. The number of carboxylic acid groups (broad SMARTS) is 2. The molecule has 0 radical (unpaired) electrons. The summed E-state index contributed by atoms with van der Waals surface area (Å²) in [5.74, 6) is -1.86. The van der Waals surface area contributed by atoms with Gasteiger partial charge in [-0.05, 0) is 87.6 Å². The van der Waals surface area contributed by atoms with Gasteiger partial charge in [-0.15, -0.1) is 0 Å². The van der Waals surface area contributed by atoms with Crippen LogP contribution in [0.15, 0.2) is 17.3 Å². The number of aliphatic carboxylic acids is 2. The molecule has 3 aliphatic heterocycles. The third-order valence-electron chi connectivity index (χ3n) is 10.0. The van der Waals surface area contributed by atoms with Crippen LogP contribution in [0.1, 0.15) is 85.6 Å². The molecule has 3 aliphatic rings. The number of hydrogen-bond acceptors (Lipinski definition) is 4. The van der Waals surface area contributed by atoms with Crippen LogP contribution in [0.25, 0.3) is 6.08 Å². The van der Waals surface area contributed by atoms with Crippen LogP contribution in [-0.4, -0.2) is 60.0 Å². The van der Waals surface area contributed by atoms with Gasteiger partial charge in [0.15, 0.2) is 5.25 Å². The second kappa shape index (κ2) is 12.0. The van der Waals surface area contributed by atoms with Gasteiger partial charge in [0.25, 0.3) is 0 Å². The van der Waals surface area contributed by atoms with Gasteiger partial charge in [0.2, 0.25) is 16.6 Å². The molecule has 11 heteroatoms. The molecule has 5 atom stereocenters. The van der Waals surface area contributed by atoms with Crippen LogP contribution in [0.2, 0.25) is 0 Å². The van der Waals surface area contributed by atoms with Crippen molar-refractivity contribution in [3.8, 4) is 0 Å². The van der Waals surface area contributed by atoms with Crippen molar-refractivity contribution in [2.45, 2.75) is 96.1 Å². The lowest BCUT2D eigenvalue weighted by Gasteiger charge is -2.15. The smallest absolute Gasteiger partial charge is 0.303 e. The first kappa shape index (κ1) is 31.7. The number of H-pyrrole nitrogens is 2. The van der Waals surface area contributed by atoms with Crippen LogP contribution in [-0.2, 0) is 56.6 Å². The molecule has 3 saturated heterocycles. The highest BCUT2D eigenvalue weighted by atomic mass is 32.2. The Balaban J connectivity index is 1.52. The number of carboxylic acids is 2. The van der Waals surface area contributed by atoms with E-state index in [1.807, 2.05) is 46.8 Å². The topological polar surface area (TPSA) is 164 Å². The summed E-state index contributed by atoms with van der Waals surface area (Å²) in [4.78, 5) is 55.4. The van der Waals surface area contributed by atoms with Crippen molar-refractivity contribution < 1.29 is 29.4 Å². The number of rotatable bonds is 11. The molecule has 44 heavy (non-hydrogen) atoms. The van der Waals surface area contributed by atoms with Crippen molar-refractivity contribution in [1.29, 1.82) is 0 Å². The van der Waals surface area contributed by atoms with Crippen LogP contribution in [0.3, 0.4) is 0 Å². The van der Waals surface area contributed by atoms with E-state index in [2.05, 4.69) is 27.5 Å². The van der Waals surface area contributed by atoms with Gasteiger partial charge < -0.3 is 30.8 Å². The summed E-state index contributed by atoms with van der Waals surface area (Å²) in [5.41, 5.74) is 9.00. The largest absolute Gasteiger partial charge is 0.481 e. The second-order valence-corrected chi connectivity index (χ2v) is 14.3. The number of carbonyl (C=O) groups excluding carboxylic acids is 2. The Kier molecular flexibility index (Phi) is 8.63. The van der Waals surface area contributed by atoms with Gasteiger partial charge in [-0.25, -0.2) is 0 Å². The van der Waals surface area contributed by atoms with Crippen molar-refractivity contribution in [3.05, 3.63) is 62.4 Å². The molecule has 2 amide bonds. The number of aromatic nitrogens is 2. The van der Waals surface area contributed by atoms with Crippen molar-refractivity contribution in [2.75, 3.05) is 0 Å². The molecule has 6 N–H and O–H groups in total. The van der Waals surface area contributed by atoms with Crippen molar-refractivity contribution >= 4 is 41.6 Å². The van der Waals surface area contributed by atoms with Crippen LogP contribution in [0, 0.1) is 25.7 Å². The van der Waals surface area contributed by atoms with Crippen LogP contribution >= 0.6 is 0 Å². The molecule has 10 nitrogen and oxygen atoms in total. The minimum atomic E-state index is -0.883. The fraction of sp³-hybridized carbons (Fsp3) is 0.515. The zero-order chi connectivity index (χ0) is 32.1. The van der Waals surface area contributed by atoms with E-state index in [9.17, 15) is 29.4 Å². The standard InChI is InChI=1S/C33H42N4O6S/c1-7-20-15(2)24(36-32(20)43)12-23-16(3)21(8-10-29(38)39)26(34-23)13-27-22(9-11-30(40)41)17(4)25(35-27)14-28-33(19(6)44-33)18(5)31(42)37-28/h7,14-15,18-19,24,34-35H,8-13H2,1-6H3,(H,36,43)(H,37,42)(H,38,39)(H,40,41)/p+1/b20-7-,28-14-/t15?,18-,19-,24+,33-/m0/s1. The van der Waals surface area contributed by atoms with E-state index in [1.165, 1.54) is 11.8 Å². The molecule has 5 heterocycles. The summed E-state index contributed by atoms with van der Waals surface area (Å²) in [6.45, 7) is 12.0. The van der Waals surface area contributed by atoms with Crippen LogP contribution in [0.5, 0.6) is 0 Å². The Hall–Kier alpha value is -3.73. The van der Waals surface area contributed by atoms with E-state index in [4.69, 9.17) is 0 Å². The number of thiol groups is 1. The average Bonchev–Trinajstić information content (AvgIpc) is 3.13. The summed E-state index contributed by atoms with van der Waals surface area (Å²) in [6, 6.07) is -0.0799. The van der Waals surface area contributed by atoms with Crippen molar-refractivity contribution in [2.24, 2.45) is 11.8 Å².